The van der Waals surface area contributed by atoms with Crippen molar-refractivity contribution in [1.82, 2.24) is 4.90 Å². The lowest BCUT2D eigenvalue weighted by atomic mass is 9.82. The highest BCUT2D eigenvalue weighted by molar-refractivity contribution is 5.87. The number of nitrogens with zero attached hydrogens (tertiary/aromatic N) is 1. The summed E-state index contributed by atoms with van der Waals surface area (Å²) >= 11 is 0. The Kier molecular flexibility index (Phi) is 5.19. The van der Waals surface area contributed by atoms with Crippen molar-refractivity contribution in [1.29, 1.82) is 0 Å². The largest absolute Gasteiger partial charge is 0.466 e. The summed E-state index contributed by atoms with van der Waals surface area (Å²) in [5.74, 6) is -0.221. The molecule has 0 unspecified atom stereocenters. The van der Waals surface area contributed by atoms with Crippen molar-refractivity contribution in [3.63, 3.8) is 0 Å². The third-order valence-corrected chi connectivity index (χ3v) is 4.18. The minimum atomic E-state index is -0.221. The van der Waals surface area contributed by atoms with Gasteiger partial charge in [-0.1, -0.05) is 19.9 Å². The predicted octanol–water partition coefficient (Wildman–Crippen LogP) is 2.62. The highest BCUT2D eigenvalue weighted by Gasteiger charge is 2.34. The van der Waals surface area contributed by atoms with Gasteiger partial charge in [0.15, 0.2) is 0 Å². The molecule has 0 spiro atoms. The molecule has 1 fully saturated rings. The Morgan fingerprint density at radius 1 is 1.41 bits per heavy atom. The molecule has 0 aromatic rings. The number of ether oxygens (including phenoxy) is 1. The molecule has 0 saturated carbocycles. The van der Waals surface area contributed by atoms with Crippen LogP contribution in [0.15, 0.2) is 11.6 Å². The van der Waals surface area contributed by atoms with E-state index in [4.69, 9.17) is 0 Å². The summed E-state index contributed by atoms with van der Waals surface area (Å²) in [6.07, 6.45) is 5.76. The van der Waals surface area contributed by atoms with Gasteiger partial charge in [-0.25, -0.2) is 4.79 Å². The van der Waals surface area contributed by atoms with E-state index in [0.29, 0.717) is 11.0 Å². The fourth-order valence-electron chi connectivity index (χ4n) is 2.52. The third kappa shape index (κ3) is 3.56. The highest BCUT2D eigenvalue weighted by atomic mass is 16.5. The molecule has 1 aliphatic rings. The zero-order chi connectivity index (χ0) is 12.9. The Bertz CT molecular complexity index is 293. The van der Waals surface area contributed by atoms with Crippen LogP contribution in [-0.4, -0.2) is 37.6 Å². The van der Waals surface area contributed by atoms with Gasteiger partial charge in [0.1, 0.15) is 0 Å². The standard InChI is InChI=1S/C14H25NO2/c1-5-14(6-2)8-10-15(11-14)9-7-12(3)13(16)17-4/h7H,5-6,8-11H2,1-4H3. The molecule has 1 heterocycles. The Labute approximate surface area is 105 Å². The first-order valence-electron chi connectivity index (χ1n) is 6.54. The van der Waals surface area contributed by atoms with Crippen molar-refractivity contribution in [2.75, 3.05) is 26.7 Å². The number of hydrogen-bond donors (Lipinski definition) is 0. The van der Waals surface area contributed by atoms with Crippen molar-refractivity contribution in [2.24, 2.45) is 5.41 Å². The van der Waals surface area contributed by atoms with Crippen molar-refractivity contribution >= 4 is 5.97 Å². The van der Waals surface area contributed by atoms with E-state index in [2.05, 4.69) is 23.5 Å². The second kappa shape index (κ2) is 6.20. The van der Waals surface area contributed by atoms with E-state index in [0.717, 1.165) is 19.6 Å². The molecule has 0 aliphatic carbocycles. The monoisotopic (exact) mass is 239 g/mol. The van der Waals surface area contributed by atoms with E-state index < -0.39 is 0 Å². The highest BCUT2D eigenvalue weighted by Crippen LogP contribution is 2.36. The van der Waals surface area contributed by atoms with Crippen molar-refractivity contribution in [2.45, 2.75) is 40.0 Å². The maximum absolute atomic E-state index is 11.2. The predicted molar refractivity (Wildman–Crippen MR) is 69.8 cm³/mol. The summed E-state index contributed by atoms with van der Waals surface area (Å²) in [6.45, 7) is 9.54. The zero-order valence-electron chi connectivity index (χ0n) is 11.6. The van der Waals surface area contributed by atoms with Crippen LogP contribution in [-0.2, 0) is 9.53 Å². The summed E-state index contributed by atoms with van der Waals surface area (Å²) in [5.41, 5.74) is 1.21. The van der Waals surface area contributed by atoms with Gasteiger partial charge in [-0.2, -0.15) is 0 Å². The van der Waals surface area contributed by atoms with E-state index in [-0.39, 0.29) is 5.97 Å². The molecule has 98 valence electrons. The molecule has 17 heavy (non-hydrogen) atoms. The quantitative estimate of drug-likeness (QED) is 0.545. The smallest absolute Gasteiger partial charge is 0.333 e. The second-order valence-corrected chi connectivity index (χ2v) is 5.07. The van der Waals surface area contributed by atoms with Crippen LogP contribution in [0.25, 0.3) is 0 Å². The number of methoxy groups -OCH3 is 1. The number of hydrogen-bond acceptors (Lipinski definition) is 3. The number of rotatable bonds is 5. The minimum Gasteiger partial charge on any atom is -0.466 e. The van der Waals surface area contributed by atoms with E-state index >= 15 is 0 Å². The van der Waals surface area contributed by atoms with Crippen LogP contribution in [0.5, 0.6) is 0 Å². The summed E-state index contributed by atoms with van der Waals surface area (Å²) in [7, 11) is 1.43. The molecule has 1 rings (SSSR count). The molecule has 3 heteroatoms. The lowest BCUT2D eigenvalue weighted by Crippen LogP contribution is -2.26. The fraction of sp³-hybridized carbons (Fsp3) is 0.786. The minimum absolute atomic E-state index is 0.221. The zero-order valence-corrected chi connectivity index (χ0v) is 11.6. The van der Waals surface area contributed by atoms with Crippen LogP contribution in [0.3, 0.4) is 0 Å². The third-order valence-electron chi connectivity index (χ3n) is 4.18. The SMILES string of the molecule is CCC1(CC)CCN(CC=C(C)C(=O)OC)C1. The van der Waals surface area contributed by atoms with Crippen LogP contribution in [0.1, 0.15) is 40.0 Å². The van der Waals surface area contributed by atoms with Gasteiger partial charge >= 0.3 is 5.97 Å². The molecule has 0 aromatic carbocycles. The summed E-state index contributed by atoms with van der Waals surface area (Å²) < 4.78 is 4.68. The van der Waals surface area contributed by atoms with Gasteiger partial charge in [0, 0.05) is 18.7 Å². The molecule has 0 aromatic heterocycles. The Morgan fingerprint density at radius 3 is 2.53 bits per heavy atom. The van der Waals surface area contributed by atoms with Gasteiger partial charge in [-0.15, -0.1) is 0 Å². The van der Waals surface area contributed by atoms with Gasteiger partial charge in [0.05, 0.1) is 7.11 Å². The molecule has 0 radical (unpaired) electrons. The first-order chi connectivity index (χ1) is 8.06. The van der Waals surface area contributed by atoms with Crippen LogP contribution < -0.4 is 0 Å². The fourth-order valence-corrected chi connectivity index (χ4v) is 2.52. The van der Waals surface area contributed by atoms with Gasteiger partial charge in [0.2, 0.25) is 0 Å². The Morgan fingerprint density at radius 2 is 2.06 bits per heavy atom. The molecular weight excluding hydrogens is 214 g/mol. The number of carbonyl (C=O) groups excluding carboxylic acids is 1. The van der Waals surface area contributed by atoms with E-state index in [1.807, 2.05) is 13.0 Å². The maximum atomic E-state index is 11.2. The lowest BCUT2D eigenvalue weighted by Gasteiger charge is -2.26. The molecule has 1 saturated heterocycles. The molecular formula is C14H25NO2. The van der Waals surface area contributed by atoms with Crippen LogP contribution in [0, 0.1) is 5.41 Å². The number of esters is 1. The van der Waals surface area contributed by atoms with Crippen LogP contribution in [0.2, 0.25) is 0 Å². The van der Waals surface area contributed by atoms with E-state index in [1.165, 1.54) is 26.4 Å². The molecule has 0 N–H and O–H groups in total. The normalized spacial score (nSPS) is 20.6. The molecule has 1 aliphatic heterocycles. The van der Waals surface area contributed by atoms with Crippen molar-refractivity contribution in [3.8, 4) is 0 Å². The van der Waals surface area contributed by atoms with Gasteiger partial charge in [0.25, 0.3) is 0 Å². The first-order valence-corrected chi connectivity index (χ1v) is 6.54. The first kappa shape index (κ1) is 14.2. The molecule has 0 atom stereocenters. The summed E-state index contributed by atoms with van der Waals surface area (Å²) in [5, 5.41) is 0. The Hall–Kier alpha value is -0.830. The lowest BCUT2D eigenvalue weighted by molar-refractivity contribution is -0.136. The van der Waals surface area contributed by atoms with Crippen LogP contribution >= 0.6 is 0 Å². The van der Waals surface area contributed by atoms with E-state index in [9.17, 15) is 4.79 Å². The van der Waals surface area contributed by atoms with Crippen molar-refractivity contribution in [3.05, 3.63) is 11.6 Å². The second-order valence-electron chi connectivity index (χ2n) is 5.07. The van der Waals surface area contributed by atoms with Gasteiger partial charge in [-0.3, -0.25) is 4.90 Å². The Balaban J connectivity index is 2.48. The molecule has 0 amide bonds. The topological polar surface area (TPSA) is 29.5 Å². The summed E-state index contributed by atoms with van der Waals surface area (Å²) in [6, 6.07) is 0. The molecule has 0 bridgehead atoms. The summed E-state index contributed by atoms with van der Waals surface area (Å²) in [4.78, 5) is 13.7. The van der Waals surface area contributed by atoms with Gasteiger partial charge < -0.3 is 4.74 Å². The number of carbonyl (C=O) groups is 1. The van der Waals surface area contributed by atoms with Crippen LogP contribution in [0.4, 0.5) is 0 Å². The number of likely N-dealkylation sites (tertiary alicyclic amines) is 1. The maximum Gasteiger partial charge on any atom is 0.333 e. The average molecular weight is 239 g/mol. The van der Waals surface area contributed by atoms with Gasteiger partial charge in [-0.05, 0) is 38.1 Å². The average Bonchev–Trinajstić information content (AvgIpc) is 2.79. The van der Waals surface area contributed by atoms with Crippen molar-refractivity contribution < 1.29 is 9.53 Å². The molecule has 3 nitrogen and oxygen atoms in total. The van der Waals surface area contributed by atoms with E-state index in [1.54, 1.807) is 0 Å².